The second kappa shape index (κ2) is 4.91. The first-order valence-electron chi connectivity index (χ1n) is 6.51. The smallest absolute Gasteiger partial charge is 0.264 e. The third-order valence-electron chi connectivity index (χ3n) is 3.72. The minimum absolute atomic E-state index is 0.0354. The summed E-state index contributed by atoms with van der Waals surface area (Å²) < 4.78 is 5.70. The molecule has 2 aliphatic heterocycles. The van der Waals surface area contributed by atoms with Crippen LogP contribution in [0, 0.1) is 0 Å². The van der Waals surface area contributed by atoms with E-state index in [1.54, 1.807) is 4.90 Å². The molecule has 0 radical (unpaired) electrons. The van der Waals surface area contributed by atoms with E-state index in [1.807, 2.05) is 24.3 Å². The van der Waals surface area contributed by atoms with Crippen molar-refractivity contribution in [3.05, 3.63) is 29.8 Å². The zero-order chi connectivity index (χ0) is 13.2. The Balaban J connectivity index is 1.64. The zero-order valence-corrected chi connectivity index (χ0v) is 10.6. The molecule has 1 aromatic carbocycles. The summed E-state index contributed by atoms with van der Waals surface area (Å²) in [6.07, 6.45) is 1.53. The van der Waals surface area contributed by atoms with Gasteiger partial charge in [0, 0.05) is 32.4 Å². The van der Waals surface area contributed by atoms with Gasteiger partial charge >= 0.3 is 0 Å². The Bertz CT molecular complexity index is 492. The molecule has 1 atom stereocenters. The van der Waals surface area contributed by atoms with E-state index < -0.39 is 6.10 Å². The number of benzene rings is 1. The maximum Gasteiger partial charge on any atom is 0.264 e. The Hall–Kier alpha value is -2.04. The van der Waals surface area contributed by atoms with Crippen LogP contribution in [-0.4, -0.2) is 40.9 Å². The van der Waals surface area contributed by atoms with E-state index in [0.717, 1.165) is 17.0 Å². The van der Waals surface area contributed by atoms with Crippen molar-refractivity contribution in [2.75, 3.05) is 13.1 Å². The van der Waals surface area contributed by atoms with Crippen molar-refractivity contribution in [2.24, 2.45) is 5.16 Å². The van der Waals surface area contributed by atoms with E-state index in [-0.39, 0.29) is 5.91 Å². The second-order valence-electron chi connectivity index (χ2n) is 4.91. The van der Waals surface area contributed by atoms with Crippen LogP contribution in [-0.2, 0) is 11.2 Å². The second-order valence-corrected chi connectivity index (χ2v) is 4.91. The summed E-state index contributed by atoms with van der Waals surface area (Å²) in [5.74, 6) is 0.851. The lowest BCUT2D eigenvalue weighted by Crippen LogP contribution is -2.45. The lowest BCUT2D eigenvalue weighted by atomic mass is 10.1. The number of oxime groups is 1. The van der Waals surface area contributed by atoms with Crippen molar-refractivity contribution in [2.45, 2.75) is 25.4 Å². The van der Waals surface area contributed by atoms with Crippen LogP contribution in [0.15, 0.2) is 29.4 Å². The highest BCUT2D eigenvalue weighted by Crippen LogP contribution is 2.29. The molecule has 1 aromatic rings. The van der Waals surface area contributed by atoms with Crippen LogP contribution in [0.25, 0.3) is 0 Å². The topological polar surface area (TPSA) is 62.1 Å². The van der Waals surface area contributed by atoms with Gasteiger partial charge in [-0.25, -0.2) is 0 Å². The zero-order valence-electron chi connectivity index (χ0n) is 10.6. The molecule has 19 heavy (non-hydrogen) atoms. The Morgan fingerprint density at radius 3 is 2.74 bits per heavy atom. The molecule has 100 valence electrons. The van der Waals surface area contributed by atoms with Crippen molar-refractivity contribution in [3.63, 3.8) is 0 Å². The quantitative estimate of drug-likeness (QED) is 0.614. The maximum absolute atomic E-state index is 12.4. The molecule has 0 saturated carbocycles. The molecule has 0 aromatic heterocycles. The molecule has 3 rings (SSSR count). The van der Waals surface area contributed by atoms with Crippen LogP contribution in [0.1, 0.15) is 18.4 Å². The lowest BCUT2D eigenvalue weighted by Gasteiger charge is -2.29. The van der Waals surface area contributed by atoms with Crippen molar-refractivity contribution in [1.29, 1.82) is 0 Å². The van der Waals surface area contributed by atoms with E-state index in [2.05, 4.69) is 5.16 Å². The van der Waals surface area contributed by atoms with E-state index in [0.29, 0.717) is 32.4 Å². The van der Waals surface area contributed by atoms with Gasteiger partial charge < -0.3 is 14.8 Å². The standard InChI is InChI=1S/C14H16N2O3/c17-14(16-7-5-11(15-18)6-8-16)13-9-10-3-1-2-4-12(10)19-13/h1-4,13,18H,5-9H2. The van der Waals surface area contributed by atoms with Crippen LogP contribution in [0.3, 0.4) is 0 Å². The Morgan fingerprint density at radius 1 is 1.32 bits per heavy atom. The van der Waals surface area contributed by atoms with Gasteiger partial charge in [0.1, 0.15) is 5.75 Å². The number of ether oxygens (including phenoxy) is 1. The number of hydrogen-bond donors (Lipinski definition) is 1. The molecule has 0 spiro atoms. The van der Waals surface area contributed by atoms with Gasteiger partial charge in [-0.1, -0.05) is 23.4 Å². The Kier molecular flexibility index (Phi) is 3.11. The van der Waals surface area contributed by atoms with Crippen molar-refractivity contribution in [1.82, 2.24) is 4.90 Å². The molecule has 5 nitrogen and oxygen atoms in total. The number of hydrogen-bond acceptors (Lipinski definition) is 4. The first-order chi connectivity index (χ1) is 9.28. The molecule has 0 bridgehead atoms. The van der Waals surface area contributed by atoms with E-state index >= 15 is 0 Å². The predicted molar refractivity (Wildman–Crippen MR) is 69.6 cm³/mol. The SMILES string of the molecule is O=C(C1Cc2ccccc2O1)N1CCC(=NO)CC1. The minimum Gasteiger partial charge on any atom is -0.480 e. The van der Waals surface area contributed by atoms with Crippen LogP contribution in [0.4, 0.5) is 0 Å². The normalized spacial score (nSPS) is 21.8. The molecule has 1 amide bonds. The molecule has 1 N–H and O–H groups in total. The van der Waals surface area contributed by atoms with Crippen LogP contribution in [0.2, 0.25) is 0 Å². The van der Waals surface area contributed by atoms with Gasteiger partial charge in [-0.2, -0.15) is 0 Å². The average molecular weight is 260 g/mol. The number of para-hydroxylation sites is 1. The number of fused-ring (bicyclic) bond motifs is 1. The molecule has 1 fully saturated rings. The van der Waals surface area contributed by atoms with Crippen LogP contribution < -0.4 is 4.74 Å². The van der Waals surface area contributed by atoms with Crippen molar-refractivity contribution < 1.29 is 14.7 Å². The van der Waals surface area contributed by atoms with Gasteiger partial charge in [0.15, 0.2) is 6.10 Å². The van der Waals surface area contributed by atoms with E-state index in [4.69, 9.17) is 9.94 Å². The van der Waals surface area contributed by atoms with Gasteiger partial charge in [-0.05, 0) is 11.6 Å². The molecular weight excluding hydrogens is 244 g/mol. The Labute approximate surface area is 111 Å². The number of nitrogens with zero attached hydrogens (tertiary/aromatic N) is 2. The number of likely N-dealkylation sites (tertiary alicyclic amines) is 1. The monoisotopic (exact) mass is 260 g/mol. The molecular formula is C14H16N2O3. The van der Waals surface area contributed by atoms with E-state index in [9.17, 15) is 4.79 Å². The molecule has 2 aliphatic rings. The minimum atomic E-state index is -0.398. The van der Waals surface area contributed by atoms with Crippen molar-refractivity contribution >= 4 is 11.6 Å². The van der Waals surface area contributed by atoms with Crippen LogP contribution in [0.5, 0.6) is 5.75 Å². The van der Waals surface area contributed by atoms with E-state index in [1.165, 1.54) is 0 Å². The highest BCUT2D eigenvalue weighted by Gasteiger charge is 2.33. The third kappa shape index (κ3) is 2.28. The van der Waals surface area contributed by atoms with Crippen LogP contribution >= 0.6 is 0 Å². The predicted octanol–water partition coefficient (Wildman–Crippen LogP) is 1.44. The van der Waals surface area contributed by atoms with Gasteiger partial charge in [0.05, 0.1) is 5.71 Å². The Morgan fingerprint density at radius 2 is 2.05 bits per heavy atom. The maximum atomic E-state index is 12.4. The third-order valence-corrected chi connectivity index (χ3v) is 3.72. The number of carbonyl (C=O) groups excluding carboxylic acids is 1. The van der Waals surface area contributed by atoms with Gasteiger partial charge in [0.25, 0.3) is 5.91 Å². The summed E-state index contributed by atoms with van der Waals surface area (Å²) >= 11 is 0. The number of rotatable bonds is 1. The molecule has 0 aliphatic carbocycles. The largest absolute Gasteiger partial charge is 0.480 e. The molecule has 5 heteroatoms. The van der Waals surface area contributed by atoms with Gasteiger partial charge in [0.2, 0.25) is 0 Å². The number of piperidine rings is 1. The fourth-order valence-electron chi connectivity index (χ4n) is 2.61. The van der Waals surface area contributed by atoms with Gasteiger partial charge in [-0.15, -0.1) is 0 Å². The first-order valence-corrected chi connectivity index (χ1v) is 6.51. The number of carbonyl (C=O) groups is 1. The summed E-state index contributed by atoms with van der Waals surface area (Å²) in [5.41, 5.74) is 1.86. The molecule has 1 unspecified atom stereocenters. The number of amides is 1. The summed E-state index contributed by atoms with van der Waals surface area (Å²) in [6.45, 7) is 1.21. The fourth-order valence-corrected chi connectivity index (χ4v) is 2.61. The highest BCUT2D eigenvalue weighted by atomic mass is 16.5. The van der Waals surface area contributed by atoms with Gasteiger partial charge in [-0.3, -0.25) is 4.79 Å². The average Bonchev–Trinajstić information content (AvgIpc) is 2.90. The molecule has 1 saturated heterocycles. The lowest BCUT2D eigenvalue weighted by molar-refractivity contribution is -0.138. The summed E-state index contributed by atoms with van der Waals surface area (Å²) in [6, 6.07) is 7.77. The summed E-state index contributed by atoms with van der Waals surface area (Å²) in [7, 11) is 0. The summed E-state index contributed by atoms with van der Waals surface area (Å²) in [4.78, 5) is 14.2. The summed E-state index contributed by atoms with van der Waals surface area (Å²) in [5, 5.41) is 11.9. The highest BCUT2D eigenvalue weighted by molar-refractivity contribution is 5.88. The molecule has 2 heterocycles. The fraction of sp³-hybridized carbons (Fsp3) is 0.429. The first kappa shape index (κ1) is 12.0. The van der Waals surface area contributed by atoms with Crippen molar-refractivity contribution in [3.8, 4) is 5.75 Å².